The lowest BCUT2D eigenvalue weighted by atomic mass is 10.0. The van der Waals surface area contributed by atoms with E-state index in [9.17, 15) is 14.0 Å². The molecular formula is C21H13FN4O3. The number of hydrogen-bond donors (Lipinski definition) is 1. The van der Waals surface area contributed by atoms with E-state index in [0.717, 1.165) is 4.90 Å². The van der Waals surface area contributed by atoms with Crippen molar-refractivity contribution in [3.05, 3.63) is 71.7 Å². The quantitative estimate of drug-likeness (QED) is 0.542. The highest BCUT2D eigenvalue weighted by atomic mass is 19.1. The third-order valence-electron chi connectivity index (χ3n) is 4.90. The van der Waals surface area contributed by atoms with Crippen molar-refractivity contribution in [2.45, 2.75) is 0 Å². The van der Waals surface area contributed by atoms with Gasteiger partial charge in [-0.2, -0.15) is 5.10 Å². The molecule has 0 spiro atoms. The molecule has 1 aliphatic rings. The number of fused-ring (bicyclic) bond motifs is 3. The summed E-state index contributed by atoms with van der Waals surface area (Å²) in [5.41, 5.74) is 2.29. The Kier molecular flexibility index (Phi) is 3.67. The molecule has 1 N–H and O–H groups in total. The molecule has 5 rings (SSSR count). The van der Waals surface area contributed by atoms with Gasteiger partial charge in [0, 0.05) is 11.8 Å². The van der Waals surface area contributed by atoms with E-state index in [1.165, 1.54) is 25.4 Å². The fourth-order valence-corrected chi connectivity index (χ4v) is 3.49. The van der Waals surface area contributed by atoms with E-state index in [0.29, 0.717) is 33.7 Å². The number of amides is 2. The van der Waals surface area contributed by atoms with Gasteiger partial charge in [0.15, 0.2) is 5.65 Å². The highest BCUT2D eigenvalue weighted by molar-refractivity contribution is 6.38. The molecule has 7 nitrogen and oxygen atoms in total. The predicted octanol–water partition coefficient (Wildman–Crippen LogP) is 3.57. The molecule has 2 aromatic heterocycles. The van der Waals surface area contributed by atoms with Crippen LogP contribution in [-0.2, 0) is 0 Å². The first-order valence-corrected chi connectivity index (χ1v) is 8.74. The van der Waals surface area contributed by atoms with Gasteiger partial charge in [-0.05, 0) is 48.5 Å². The van der Waals surface area contributed by atoms with Gasteiger partial charge in [-0.3, -0.25) is 14.7 Å². The second-order valence-corrected chi connectivity index (χ2v) is 6.49. The minimum Gasteiger partial charge on any atom is -0.497 e. The van der Waals surface area contributed by atoms with Crippen LogP contribution < -0.4 is 9.64 Å². The van der Waals surface area contributed by atoms with Crippen LogP contribution in [0.1, 0.15) is 20.7 Å². The minimum atomic E-state index is -0.465. The summed E-state index contributed by atoms with van der Waals surface area (Å²) in [6.07, 6.45) is 1.36. The standard InChI is InChI=1S/C21H13FN4O3/c1-29-14-8-6-13(7-9-14)26-20(27)15-10-23-19-17(16(15)21(26)28)18(24-25-19)11-2-4-12(22)5-3-11/h2-10H,1H3,(H,23,24,25). The lowest BCUT2D eigenvalue weighted by molar-refractivity contribution is 0.0926. The van der Waals surface area contributed by atoms with Crippen molar-refractivity contribution in [2.24, 2.45) is 0 Å². The summed E-state index contributed by atoms with van der Waals surface area (Å²) in [6.45, 7) is 0. The lowest BCUT2D eigenvalue weighted by Crippen LogP contribution is -2.29. The van der Waals surface area contributed by atoms with Crippen LogP contribution in [0.2, 0.25) is 0 Å². The number of halogens is 1. The van der Waals surface area contributed by atoms with Gasteiger partial charge in [0.1, 0.15) is 11.6 Å². The van der Waals surface area contributed by atoms with E-state index >= 15 is 0 Å². The van der Waals surface area contributed by atoms with Crippen molar-refractivity contribution in [3.8, 4) is 17.0 Å². The Labute approximate surface area is 163 Å². The Morgan fingerprint density at radius 2 is 1.72 bits per heavy atom. The summed E-state index contributed by atoms with van der Waals surface area (Å²) in [6, 6.07) is 12.4. The molecule has 8 heteroatoms. The monoisotopic (exact) mass is 388 g/mol. The van der Waals surface area contributed by atoms with E-state index in [1.807, 2.05) is 0 Å². The zero-order valence-electron chi connectivity index (χ0n) is 15.1. The smallest absolute Gasteiger partial charge is 0.267 e. The van der Waals surface area contributed by atoms with Crippen LogP contribution in [0.25, 0.3) is 22.3 Å². The average molecular weight is 388 g/mol. The second-order valence-electron chi connectivity index (χ2n) is 6.49. The molecule has 0 saturated heterocycles. The van der Waals surface area contributed by atoms with E-state index in [4.69, 9.17) is 4.74 Å². The summed E-state index contributed by atoms with van der Waals surface area (Å²) in [5, 5.41) is 7.43. The van der Waals surface area contributed by atoms with Crippen molar-refractivity contribution in [2.75, 3.05) is 12.0 Å². The molecule has 29 heavy (non-hydrogen) atoms. The Hall–Kier alpha value is -4.07. The number of carbonyl (C=O) groups excluding carboxylic acids is 2. The highest BCUT2D eigenvalue weighted by Gasteiger charge is 2.40. The van der Waals surface area contributed by atoms with Crippen LogP contribution >= 0.6 is 0 Å². The number of methoxy groups -OCH3 is 1. The van der Waals surface area contributed by atoms with Gasteiger partial charge in [-0.1, -0.05) is 0 Å². The van der Waals surface area contributed by atoms with Crippen LogP contribution in [0.3, 0.4) is 0 Å². The number of hydrogen-bond acceptors (Lipinski definition) is 5. The molecule has 0 unspecified atom stereocenters. The van der Waals surface area contributed by atoms with Crippen LogP contribution in [0, 0.1) is 5.82 Å². The maximum absolute atomic E-state index is 13.3. The number of nitrogens with zero attached hydrogens (tertiary/aromatic N) is 3. The topological polar surface area (TPSA) is 88.2 Å². The maximum atomic E-state index is 13.3. The molecule has 3 heterocycles. The third-order valence-corrected chi connectivity index (χ3v) is 4.90. The number of carbonyl (C=O) groups is 2. The molecule has 2 aromatic carbocycles. The van der Waals surface area contributed by atoms with Gasteiger partial charge < -0.3 is 4.74 Å². The number of benzene rings is 2. The Balaban J connectivity index is 1.68. The summed E-state index contributed by atoms with van der Waals surface area (Å²) >= 11 is 0. The summed E-state index contributed by atoms with van der Waals surface area (Å²) in [5.74, 6) is -0.691. The number of nitrogens with one attached hydrogen (secondary N) is 1. The van der Waals surface area contributed by atoms with Gasteiger partial charge in [0.05, 0.1) is 35.0 Å². The van der Waals surface area contributed by atoms with Gasteiger partial charge in [0.2, 0.25) is 0 Å². The molecule has 142 valence electrons. The molecule has 0 fully saturated rings. The lowest BCUT2D eigenvalue weighted by Gasteiger charge is -2.14. The molecule has 0 atom stereocenters. The fraction of sp³-hybridized carbons (Fsp3) is 0.0476. The number of ether oxygens (including phenoxy) is 1. The molecule has 4 aromatic rings. The molecular weight excluding hydrogens is 375 g/mol. The number of anilines is 1. The van der Waals surface area contributed by atoms with E-state index in [-0.39, 0.29) is 16.9 Å². The first-order valence-electron chi connectivity index (χ1n) is 8.74. The van der Waals surface area contributed by atoms with Crippen LogP contribution in [0.15, 0.2) is 54.7 Å². The number of aromatic amines is 1. The van der Waals surface area contributed by atoms with Gasteiger partial charge in [-0.25, -0.2) is 14.3 Å². The number of rotatable bonds is 3. The minimum absolute atomic E-state index is 0.197. The Morgan fingerprint density at radius 3 is 2.41 bits per heavy atom. The summed E-state index contributed by atoms with van der Waals surface area (Å²) in [4.78, 5) is 31.6. The predicted molar refractivity (Wildman–Crippen MR) is 103 cm³/mol. The first kappa shape index (κ1) is 17.1. The molecule has 0 bridgehead atoms. The van der Waals surface area contributed by atoms with E-state index in [2.05, 4.69) is 15.2 Å². The summed E-state index contributed by atoms with van der Waals surface area (Å²) in [7, 11) is 1.54. The molecule has 0 saturated carbocycles. The molecule has 0 radical (unpaired) electrons. The Morgan fingerprint density at radius 1 is 1.00 bits per heavy atom. The third kappa shape index (κ3) is 2.49. The van der Waals surface area contributed by atoms with Crippen molar-refractivity contribution >= 4 is 28.5 Å². The van der Waals surface area contributed by atoms with Crippen molar-refractivity contribution in [3.63, 3.8) is 0 Å². The van der Waals surface area contributed by atoms with E-state index in [1.54, 1.807) is 36.4 Å². The number of aromatic nitrogens is 3. The molecule has 1 aliphatic heterocycles. The maximum Gasteiger partial charge on any atom is 0.267 e. The largest absolute Gasteiger partial charge is 0.497 e. The van der Waals surface area contributed by atoms with Crippen molar-refractivity contribution in [1.29, 1.82) is 0 Å². The van der Waals surface area contributed by atoms with Crippen molar-refractivity contribution < 1.29 is 18.7 Å². The van der Waals surface area contributed by atoms with E-state index < -0.39 is 11.8 Å². The number of imide groups is 1. The van der Waals surface area contributed by atoms with Crippen LogP contribution in [0.5, 0.6) is 5.75 Å². The highest BCUT2D eigenvalue weighted by Crippen LogP contribution is 2.36. The summed E-state index contributed by atoms with van der Waals surface area (Å²) < 4.78 is 18.4. The second kappa shape index (κ2) is 6.23. The zero-order chi connectivity index (χ0) is 20.1. The number of pyridine rings is 1. The Bertz CT molecular complexity index is 1280. The van der Waals surface area contributed by atoms with Crippen LogP contribution in [0.4, 0.5) is 10.1 Å². The number of H-pyrrole nitrogens is 1. The average Bonchev–Trinajstić information content (AvgIpc) is 3.28. The van der Waals surface area contributed by atoms with Gasteiger partial charge in [0.25, 0.3) is 11.8 Å². The van der Waals surface area contributed by atoms with Gasteiger partial charge in [-0.15, -0.1) is 0 Å². The SMILES string of the molecule is COc1ccc(N2C(=O)c3cnc4n[nH]c(-c5ccc(F)cc5)c4c3C2=O)cc1. The zero-order valence-corrected chi connectivity index (χ0v) is 15.1. The molecule has 0 aliphatic carbocycles. The fourth-order valence-electron chi connectivity index (χ4n) is 3.49. The normalized spacial score (nSPS) is 13.2. The molecule has 2 amide bonds. The van der Waals surface area contributed by atoms with Gasteiger partial charge >= 0.3 is 0 Å². The van der Waals surface area contributed by atoms with Crippen LogP contribution in [-0.4, -0.2) is 34.1 Å². The van der Waals surface area contributed by atoms with Crippen molar-refractivity contribution in [1.82, 2.24) is 15.2 Å². The first-order chi connectivity index (χ1) is 14.1.